The highest BCUT2D eigenvalue weighted by molar-refractivity contribution is 7.10. The summed E-state index contributed by atoms with van der Waals surface area (Å²) in [6, 6.07) is 6.87. The van der Waals surface area contributed by atoms with Gasteiger partial charge in [0.1, 0.15) is 0 Å². The lowest BCUT2D eigenvalue weighted by Gasteiger charge is -2.10. The molecule has 98 valence electrons. The number of hydrogen-bond acceptors (Lipinski definition) is 4. The van der Waals surface area contributed by atoms with Gasteiger partial charge in [0.2, 0.25) is 0 Å². The van der Waals surface area contributed by atoms with Gasteiger partial charge in [-0.1, -0.05) is 18.1 Å². The summed E-state index contributed by atoms with van der Waals surface area (Å²) in [4.78, 5) is 29.4. The second kappa shape index (κ2) is 5.27. The lowest BCUT2D eigenvalue weighted by atomic mass is 10.1. The van der Waals surface area contributed by atoms with Crippen molar-refractivity contribution in [2.75, 3.05) is 6.54 Å². The third-order valence-corrected chi connectivity index (χ3v) is 3.65. The van der Waals surface area contributed by atoms with Crippen LogP contribution in [0.25, 0.3) is 0 Å². The predicted octanol–water partition coefficient (Wildman–Crippen LogP) is 2.18. The molecular weight excluding hydrogens is 272 g/mol. The van der Waals surface area contributed by atoms with Crippen LogP contribution in [0.3, 0.4) is 0 Å². The van der Waals surface area contributed by atoms with E-state index in [-0.39, 0.29) is 11.8 Å². The van der Waals surface area contributed by atoms with Crippen molar-refractivity contribution in [1.82, 2.24) is 9.88 Å². The molecule has 2 amide bonds. The molecule has 0 unspecified atom stereocenters. The van der Waals surface area contributed by atoms with E-state index in [4.69, 9.17) is 0 Å². The molecule has 1 aliphatic rings. The quantitative estimate of drug-likeness (QED) is 0.626. The number of rotatable bonds is 2. The second-order valence-corrected chi connectivity index (χ2v) is 5.09. The molecule has 0 radical (unpaired) electrons. The first-order valence-electron chi connectivity index (χ1n) is 6.11. The number of imide groups is 1. The van der Waals surface area contributed by atoms with Gasteiger partial charge < -0.3 is 0 Å². The van der Waals surface area contributed by atoms with Crippen molar-refractivity contribution in [2.24, 2.45) is 0 Å². The minimum atomic E-state index is -0.235. The Hall–Kier alpha value is -2.45. The summed E-state index contributed by atoms with van der Waals surface area (Å²) in [5, 5.41) is 2.60. The van der Waals surface area contributed by atoms with Crippen LogP contribution in [-0.4, -0.2) is 28.2 Å². The molecule has 0 bridgehead atoms. The first-order valence-corrected chi connectivity index (χ1v) is 6.99. The molecule has 1 aromatic carbocycles. The maximum Gasteiger partial charge on any atom is 0.261 e. The Labute approximate surface area is 120 Å². The van der Waals surface area contributed by atoms with Gasteiger partial charge in [-0.2, -0.15) is 0 Å². The largest absolute Gasteiger partial charge is 0.273 e. The van der Waals surface area contributed by atoms with Gasteiger partial charge in [0.15, 0.2) is 5.01 Å². The van der Waals surface area contributed by atoms with Gasteiger partial charge in [0, 0.05) is 24.5 Å². The number of carbonyl (C=O) groups is 2. The number of aromatic nitrogens is 1. The van der Waals surface area contributed by atoms with Gasteiger partial charge >= 0.3 is 0 Å². The van der Waals surface area contributed by atoms with Gasteiger partial charge in [0.25, 0.3) is 11.8 Å². The Morgan fingerprint density at radius 2 is 1.85 bits per heavy atom. The molecule has 1 aliphatic heterocycles. The van der Waals surface area contributed by atoms with E-state index in [0.717, 1.165) is 5.01 Å². The number of carbonyl (C=O) groups excluding carboxylic acids is 2. The maximum atomic E-state index is 12.1. The van der Waals surface area contributed by atoms with Gasteiger partial charge in [-0.25, -0.2) is 4.98 Å². The Morgan fingerprint density at radius 3 is 2.45 bits per heavy atom. The second-order valence-electron chi connectivity index (χ2n) is 4.20. The zero-order valence-electron chi connectivity index (χ0n) is 10.5. The van der Waals surface area contributed by atoms with Crippen molar-refractivity contribution >= 4 is 23.2 Å². The highest BCUT2D eigenvalue weighted by Gasteiger charge is 2.34. The van der Waals surface area contributed by atoms with Crippen LogP contribution in [0, 0.1) is 11.8 Å². The van der Waals surface area contributed by atoms with Crippen molar-refractivity contribution < 1.29 is 9.59 Å². The smallest absolute Gasteiger partial charge is 0.261 e. The molecule has 0 saturated heterocycles. The van der Waals surface area contributed by atoms with Crippen LogP contribution in [0.2, 0.25) is 0 Å². The molecule has 0 fully saturated rings. The first kappa shape index (κ1) is 12.6. The number of fused-ring (bicyclic) bond motifs is 1. The summed E-state index contributed by atoms with van der Waals surface area (Å²) in [5.41, 5.74) is 0.954. The fraction of sp³-hybridized carbons (Fsp3) is 0.133. The van der Waals surface area contributed by atoms with Crippen molar-refractivity contribution in [3.8, 4) is 11.8 Å². The molecule has 2 heterocycles. The summed E-state index contributed by atoms with van der Waals surface area (Å²) in [6.45, 7) is 0.310. The highest BCUT2D eigenvalue weighted by atomic mass is 32.1. The zero-order valence-corrected chi connectivity index (χ0v) is 11.3. The van der Waals surface area contributed by atoms with Crippen LogP contribution in [-0.2, 0) is 0 Å². The van der Waals surface area contributed by atoms with E-state index in [1.807, 2.05) is 5.38 Å². The third-order valence-electron chi connectivity index (χ3n) is 2.97. The average molecular weight is 282 g/mol. The summed E-state index contributed by atoms with van der Waals surface area (Å²) < 4.78 is 0. The predicted molar refractivity (Wildman–Crippen MR) is 75.4 cm³/mol. The zero-order chi connectivity index (χ0) is 13.9. The van der Waals surface area contributed by atoms with Crippen LogP contribution in [0.15, 0.2) is 35.8 Å². The Morgan fingerprint density at radius 1 is 1.15 bits per heavy atom. The van der Waals surface area contributed by atoms with E-state index in [1.165, 1.54) is 16.2 Å². The van der Waals surface area contributed by atoms with Crippen LogP contribution in [0.5, 0.6) is 0 Å². The Kier molecular flexibility index (Phi) is 3.32. The van der Waals surface area contributed by atoms with E-state index in [0.29, 0.717) is 24.1 Å². The van der Waals surface area contributed by atoms with Crippen molar-refractivity contribution in [2.45, 2.75) is 6.42 Å². The lowest BCUT2D eigenvalue weighted by molar-refractivity contribution is 0.0658. The number of amides is 2. The van der Waals surface area contributed by atoms with Crippen molar-refractivity contribution in [3.05, 3.63) is 52.0 Å². The lowest BCUT2D eigenvalue weighted by Crippen LogP contribution is -2.30. The minimum absolute atomic E-state index is 0.235. The Balaban J connectivity index is 1.68. The third kappa shape index (κ3) is 2.22. The van der Waals surface area contributed by atoms with E-state index < -0.39 is 0 Å². The van der Waals surface area contributed by atoms with Crippen LogP contribution < -0.4 is 0 Å². The molecule has 0 atom stereocenters. The fourth-order valence-corrected chi connectivity index (χ4v) is 2.54. The van der Waals surface area contributed by atoms with Gasteiger partial charge in [-0.15, -0.1) is 11.3 Å². The molecule has 1 aromatic heterocycles. The molecule has 0 N–H and O–H groups in total. The van der Waals surface area contributed by atoms with Gasteiger partial charge in [0.05, 0.1) is 11.1 Å². The standard InChI is InChI=1S/C15H10N2O2S/c18-14-11-5-1-2-6-12(11)15(19)17(14)9-4-3-7-13-16-8-10-20-13/h1-2,5-6,8,10H,4,9H2. The molecular formula is C15H10N2O2S. The molecule has 0 spiro atoms. The topological polar surface area (TPSA) is 50.3 Å². The van der Waals surface area contributed by atoms with Gasteiger partial charge in [-0.3, -0.25) is 14.5 Å². The SMILES string of the molecule is O=C1c2ccccc2C(=O)N1CCC#Cc1nccs1. The van der Waals surface area contributed by atoms with Crippen LogP contribution >= 0.6 is 11.3 Å². The van der Waals surface area contributed by atoms with Gasteiger partial charge in [-0.05, 0) is 18.1 Å². The molecule has 0 aliphatic carbocycles. The monoisotopic (exact) mass is 282 g/mol. The molecule has 3 rings (SSSR count). The molecule has 2 aromatic rings. The average Bonchev–Trinajstić information content (AvgIpc) is 3.06. The molecule has 0 saturated carbocycles. The van der Waals surface area contributed by atoms with E-state index in [1.54, 1.807) is 30.5 Å². The number of nitrogens with zero attached hydrogens (tertiary/aromatic N) is 2. The van der Waals surface area contributed by atoms with E-state index >= 15 is 0 Å². The number of hydrogen-bond donors (Lipinski definition) is 0. The van der Waals surface area contributed by atoms with Crippen molar-refractivity contribution in [1.29, 1.82) is 0 Å². The maximum absolute atomic E-state index is 12.1. The number of benzene rings is 1. The molecule has 4 nitrogen and oxygen atoms in total. The van der Waals surface area contributed by atoms with Crippen molar-refractivity contribution in [3.63, 3.8) is 0 Å². The normalized spacial score (nSPS) is 13.1. The first-order chi connectivity index (χ1) is 9.77. The minimum Gasteiger partial charge on any atom is -0.273 e. The number of thiazole rings is 1. The van der Waals surface area contributed by atoms with E-state index in [2.05, 4.69) is 16.8 Å². The summed E-state index contributed by atoms with van der Waals surface area (Å²) in [6.07, 6.45) is 2.14. The fourth-order valence-electron chi connectivity index (χ4n) is 2.03. The van der Waals surface area contributed by atoms with E-state index in [9.17, 15) is 9.59 Å². The highest BCUT2D eigenvalue weighted by Crippen LogP contribution is 2.22. The summed E-state index contributed by atoms with van der Waals surface area (Å²) in [5.74, 6) is 5.37. The van der Waals surface area contributed by atoms with Crippen LogP contribution in [0.1, 0.15) is 32.1 Å². The molecule has 20 heavy (non-hydrogen) atoms. The Bertz CT molecular complexity index is 691. The van der Waals surface area contributed by atoms with Crippen LogP contribution in [0.4, 0.5) is 0 Å². The summed E-state index contributed by atoms with van der Waals surface area (Å²) in [7, 11) is 0. The molecule has 5 heteroatoms. The summed E-state index contributed by atoms with van der Waals surface area (Å²) >= 11 is 1.46.